The smallest absolute Gasteiger partial charge is 0.238 e. The highest BCUT2D eigenvalue weighted by molar-refractivity contribution is 5.93. The lowest BCUT2D eigenvalue weighted by Crippen LogP contribution is -2.44. The molecule has 134 valence electrons. The van der Waals surface area contributed by atoms with Gasteiger partial charge in [0.2, 0.25) is 5.91 Å². The van der Waals surface area contributed by atoms with Crippen LogP contribution in [0, 0.1) is 13.8 Å². The predicted molar refractivity (Wildman–Crippen MR) is 96.2 cm³/mol. The molecule has 1 aromatic rings. The number of anilines is 1. The summed E-state index contributed by atoms with van der Waals surface area (Å²) in [6.45, 7) is 9.04. The molecule has 0 aliphatic carbocycles. The molecule has 0 saturated carbocycles. The summed E-state index contributed by atoms with van der Waals surface area (Å²) >= 11 is 0. The minimum absolute atomic E-state index is 0.0831. The van der Waals surface area contributed by atoms with Crippen LogP contribution in [0.1, 0.15) is 43.5 Å². The Morgan fingerprint density at radius 2 is 1.92 bits per heavy atom. The van der Waals surface area contributed by atoms with Crippen molar-refractivity contribution in [2.45, 2.75) is 52.0 Å². The van der Waals surface area contributed by atoms with E-state index in [-0.39, 0.29) is 5.91 Å². The molecule has 0 bridgehead atoms. The van der Waals surface area contributed by atoms with Crippen molar-refractivity contribution in [2.24, 2.45) is 7.05 Å². The van der Waals surface area contributed by atoms with Crippen molar-refractivity contribution in [3.8, 4) is 0 Å². The molecule has 1 N–H and O–H groups in total. The van der Waals surface area contributed by atoms with Crippen LogP contribution in [0.15, 0.2) is 0 Å². The second-order valence-corrected chi connectivity index (χ2v) is 7.35. The first-order valence-electron chi connectivity index (χ1n) is 9.31. The third kappa shape index (κ3) is 3.98. The van der Waals surface area contributed by atoms with Crippen LogP contribution in [0.5, 0.6) is 0 Å². The molecule has 0 radical (unpaired) electrons. The predicted octanol–water partition coefficient (Wildman–Crippen LogP) is 1.93. The van der Waals surface area contributed by atoms with Crippen LogP contribution >= 0.6 is 0 Å². The Morgan fingerprint density at radius 3 is 2.58 bits per heavy atom. The molecule has 2 fully saturated rings. The van der Waals surface area contributed by atoms with Crippen LogP contribution in [-0.2, 0) is 11.8 Å². The fourth-order valence-electron chi connectivity index (χ4n) is 4.07. The second kappa shape index (κ2) is 7.66. The molecule has 1 aromatic heterocycles. The van der Waals surface area contributed by atoms with E-state index in [1.54, 1.807) is 0 Å². The van der Waals surface area contributed by atoms with Gasteiger partial charge in [-0.25, -0.2) is 0 Å². The van der Waals surface area contributed by atoms with Gasteiger partial charge in [-0.2, -0.15) is 5.10 Å². The number of nitrogens with one attached hydrogen (secondary N) is 1. The summed E-state index contributed by atoms with van der Waals surface area (Å²) in [7, 11) is 1.91. The van der Waals surface area contributed by atoms with E-state index in [1.807, 2.05) is 25.6 Å². The highest BCUT2D eigenvalue weighted by Gasteiger charge is 2.28. The molecule has 0 aromatic carbocycles. The first kappa shape index (κ1) is 17.4. The van der Waals surface area contributed by atoms with Crippen LogP contribution in [0.4, 0.5) is 5.69 Å². The monoisotopic (exact) mass is 333 g/mol. The second-order valence-electron chi connectivity index (χ2n) is 7.35. The van der Waals surface area contributed by atoms with Crippen molar-refractivity contribution in [1.82, 2.24) is 19.6 Å². The topological polar surface area (TPSA) is 53.4 Å². The molecule has 6 nitrogen and oxygen atoms in total. The maximum atomic E-state index is 12.5. The molecule has 2 saturated heterocycles. The highest BCUT2D eigenvalue weighted by atomic mass is 16.2. The number of aryl methyl sites for hydroxylation is 2. The first-order valence-corrected chi connectivity index (χ1v) is 9.31. The Hall–Kier alpha value is -1.40. The number of hydrogen-bond donors (Lipinski definition) is 1. The Balaban J connectivity index is 1.54. The molecule has 6 heteroatoms. The number of carbonyl (C=O) groups is 1. The largest absolute Gasteiger partial charge is 0.322 e. The number of carbonyl (C=O) groups excluding carboxylic acids is 1. The molecular weight excluding hydrogens is 302 g/mol. The average Bonchev–Trinajstić information content (AvgIpc) is 3.08. The Morgan fingerprint density at radius 1 is 1.17 bits per heavy atom. The molecule has 1 amide bonds. The molecule has 0 spiro atoms. The molecule has 2 aliphatic rings. The van der Waals surface area contributed by atoms with Crippen LogP contribution in [0.3, 0.4) is 0 Å². The van der Waals surface area contributed by atoms with E-state index in [0.29, 0.717) is 12.6 Å². The van der Waals surface area contributed by atoms with E-state index in [1.165, 1.54) is 45.2 Å². The SMILES string of the molecule is Cc1nn(C)c(C)c1NC(=O)CN1CCCC1CN1CCCCC1. The van der Waals surface area contributed by atoms with Gasteiger partial charge in [0.1, 0.15) is 0 Å². The third-order valence-electron chi connectivity index (χ3n) is 5.54. The Labute approximate surface area is 145 Å². The van der Waals surface area contributed by atoms with Gasteiger partial charge in [-0.05, 0) is 59.2 Å². The van der Waals surface area contributed by atoms with Gasteiger partial charge in [-0.15, -0.1) is 0 Å². The highest BCUT2D eigenvalue weighted by Crippen LogP contribution is 2.21. The molecule has 2 aliphatic heterocycles. The summed E-state index contributed by atoms with van der Waals surface area (Å²) in [4.78, 5) is 17.5. The van der Waals surface area contributed by atoms with Gasteiger partial charge >= 0.3 is 0 Å². The number of piperidine rings is 1. The number of rotatable bonds is 5. The van der Waals surface area contributed by atoms with Crippen molar-refractivity contribution >= 4 is 11.6 Å². The molecule has 3 heterocycles. The van der Waals surface area contributed by atoms with Gasteiger partial charge in [0, 0.05) is 19.6 Å². The maximum absolute atomic E-state index is 12.5. The minimum Gasteiger partial charge on any atom is -0.322 e. The Kier molecular flexibility index (Phi) is 5.56. The Bertz CT molecular complexity index is 576. The molecule has 1 atom stereocenters. The number of amides is 1. The zero-order valence-corrected chi connectivity index (χ0v) is 15.3. The van der Waals surface area contributed by atoms with E-state index in [0.717, 1.165) is 30.2 Å². The van der Waals surface area contributed by atoms with Crippen molar-refractivity contribution in [1.29, 1.82) is 0 Å². The van der Waals surface area contributed by atoms with E-state index < -0.39 is 0 Å². The normalized spacial score (nSPS) is 22.9. The van der Waals surface area contributed by atoms with Gasteiger partial charge in [0.05, 0.1) is 23.6 Å². The van der Waals surface area contributed by atoms with Gasteiger partial charge in [-0.1, -0.05) is 6.42 Å². The molecule has 3 rings (SSSR count). The van der Waals surface area contributed by atoms with Crippen LogP contribution < -0.4 is 5.32 Å². The van der Waals surface area contributed by atoms with Crippen LogP contribution in [-0.4, -0.2) is 64.3 Å². The lowest BCUT2D eigenvalue weighted by molar-refractivity contribution is -0.117. The molecule has 24 heavy (non-hydrogen) atoms. The molecule has 1 unspecified atom stereocenters. The van der Waals surface area contributed by atoms with Gasteiger partial charge < -0.3 is 10.2 Å². The zero-order valence-electron chi connectivity index (χ0n) is 15.3. The van der Waals surface area contributed by atoms with Crippen molar-refractivity contribution in [2.75, 3.05) is 38.0 Å². The summed E-state index contributed by atoms with van der Waals surface area (Å²) < 4.78 is 1.82. The standard InChI is InChI=1S/C18H31N5O/c1-14-18(15(2)21(3)20-14)19-17(24)13-23-11-7-8-16(23)12-22-9-5-4-6-10-22/h16H,4-13H2,1-3H3,(H,19,24). The third-order valence-corrected chi connectivity index (χ3v) is 5.54. The fraction of sp³-hybridized carbons (Fsp3) is 0.778. The van der Waals surface area contributed by atoms with Crippen molar-refractivity contribution in [3.05, 3.63) is 11.4 Å². The number of hydrogen-bond acceptors (Lipinski definition) is 4. The lowest BCUT2D eigenvalue weighted by atomic mass is 10.1. The van der Waals surface area contributed by atoms with Gasteiger partial charge in [0.15, 0.2) is 0 Å². The summed E-state index contributed by atoms with van der Waals surface area (Å²) in [5.74, 6) is 0.0831. The minimum atomic E-state index is 0.0831. The van der Waals surface area contributed by atoms with Crippen LogP contribution in [0.2, 0.25) is 0 Å². The summed E-state index contributed by atoms with van der Waals surface area (Å²) in [6.07, 6.45) is 6.45. The van der Waals surface area contributed by atoms with E-state index in [4.69, 9.17) is 0 Å². The van der Waals surface area contributed by atoms with Crippen LogP contribution in [0.25, 0.3) is 0 Å². The van der Waals surface area contributed by atoms with E-state index in [2.05, 4.69) is 20.2 Å². The van der Waals surface area contributed by atoms with E-state index >= 15 is 0 Å². The van der Waals surface area contributed by atoms with Gasteiger partial charge in [-0.3, -0.25) is 14.4 Å². The fourth-order valence-corrected chi connectivity index (χ4v) is 4.07. The number of likely N-dealkylation sites (tertiary alicyclic amines) is 2. The average molecular weight is 333 g/mol. The zero-order chi connectivity index (χ0) is 17.1. The van der Waals surface area contributed by atoms with Gasteiger partial charge in [0.25, 0.3) is 0 Å². The summed E-state index contributed by atoms with van der Waals surface area (Å²) in [6, 6.07) is 0.532. The summed E-state index contributed by atoms with van der Waals surface area (Å²) in [5, 5.41) is 7.44. The van der Waals surface area contributed by atoms with Crippen molar-refractivity contribution in [3.63, 3.8) is 0 Å². The summed E-state index contributed by atoms with van der Waals surface area (Å²) in [5.41, 5.74) is 2.76. The quantitative estimate of drug-likeness (QED) is 0.894. The number of aromatic nitrogens is 2. The number of nitrogens with zero attached hydrogens (tertiary/aromatic N) is 4. The van der Waals surface area contributed by atoms with Crippen molar-refractivity contribution < 1.29 is 4.79 Å². The lowest BCUT2D eigenvalue weighted by Gasteiger charge is -2.32. The maximum Gasteiger partial charge on any atom is 0.238 e. The molecular formula is C18H31N5O. The first-order chi connectivity index (χ1) is 11.5. The van der Waals surface area contributed by atoms with E-state index in [9.17, 15) is 4.79 Å².